The first-order valence-electron chi connectivity index (χ1n) is 11.0. The van der Waals surface area contributed by atoms with Gasteiger partial charge < -0.3 is 29.4 Å². The normalized spacial score (nSPS) is 11.5. The molecule has 0 saturated carbocycles. The number of hydrogen-bond acceptors (Lipinski definition) is 8. The predicted octanol–water partition coefficient (Wildman–Crippen LogP) is 4.14. The standard InChI is InChI=1S/C24H29N5O5S/c1-6-29-23(15(2)34-19-10-8-18(32-4)9-11-19)27-28-24(29)35-14-22(31)26-17-7-12-21(33-5)20(13-17)25-16(3)30/h7-13,15H,6,14H2,1-5H3,(H,25,30)(H,26,31). The van der Waals surface area contributed by atoms with E-state index in [0.29, 0.717) is 40.4 Å². The molecule has 0 fully saturated rings. The summed E-state index contributed by atoms with van der Waals surface area (Å²) >= 11 is 1.28. The average molecular weight is 500 g/mol. The van der Waals surface area contributed by atoms with E-state index in [-0.39, 0.29) is 23.7 Å². The predicted molar refractivity (Wildman–Crippen MR) is 134 cm³/mol. The van der Waals surface area contributed by atoms with Gasteiger partial charge in [-0.15, -0.1) is 10.2 Å². The smallest absolute Gasteiger partial charge is 0.234 e. The Morgan fingerprint density at radius 2 is 1.74 bits per heavy atom. The molecule has 0 radical (unpaired) electrons. The third kappa shape index (κ3) is 6.89. The summed E-state index contributed by atoms with van der Waals surface area (Å²) in [4.78, 5) is 24.0. The highest BCUT2D eigenvalue weighted by Gasteiger charge is 2.20. The van der Waals surface area contributed by atoms with Gasteiger partial charge in [0, 0.05) is 19.2 Å². The van der Waals surface area contributed by atoms with Crippen LogP contribution in [0.3, 0.4) is 0 Å². The van der Waals surface area contributed by atoms with Gasteiger partial charge in [0.25, 0.3) is 0 Å². The molecule has 35 heavy (non-hydrogen) atoms. The number of ether oxygens (including phenoxy) is 3. The fraction of sp³-hybridized carbons (Fsp3) is 0.333. The van der Waals surface area contributed by atoms with Crippen LogP contribution in [-0.4, -0.2) is 46.6 Å². The van der Waals surface area contributed by atoms with Crippen molar-refractivity contribution in [2.75, 3.05) is 30.6 Å². The lowest BCUT2D eigenvalue weighted by atomic mass is 10.2. The number of carbonyl (C=O) groups is 2. The third-order valence-corrected chi connectivity index (χ3v) is 5.89. The Balaban J connectivity index is 1.62. The molecule has 1 heterocycles. The lowest BCUT2D eigenvalue weighted by Crippen LogP contribution is -2.16. The number of anilines is 2. The van der Waals surface area contributed by atoms with Crippen LogP contribution in [0, 0.1) is 0 Å². The van der Waals surface area contributed by atoms with E-state index in [2.05, 4.69) is 20.8 Å². The Labute approximate surface area is 208 Å². The fourth-order valence-electron chi connectivity index (χ4n) is 3.32. The van der Waals surface area contributed by atoms with Gasteiger partial charge in [0.05, 0.1) is 25.7 Å². The second-order valence-electron chi connectivity index (χ2n) is 7.45. The van der Waals surface area contributed by atoms with Crippen molar-refractivity contribution in [1.29, 1.82) is 0 Å². The zero-order valence-corrected chi connectivity index (χ0v) is 21.1. The Hall–Kier alpha value is -3.73. The molecule has 0 aliphatic rings. The van der Waals surface area contributed by atoms with E-state index in [1.54, 1.807) is 25.3 Å². The maximum atomic E-state index is 12.6. The van der Waals surface area contributed by atoms with E-state index < -0.39 is 0 Å². The molecule has 0 aliphatic carbocycles. The molecular weight excluding hydrogens is 470 g/mol. The minimum absolute atomic E-state index is 0.132. The molecule has 3 aromatic rings. The van der Waals surface area contributed by atoms with E-state index in [0.717, 1.165) is 5.75 Å². The summed E-state index contributed by atoms with van der Waals surface area (Å²) in [5.74, 6) is 2.29. The van der Waals surface area contributed by atoms with Gasteiger partial charge in [0.1, 0.15) is 17.2 Å². The Morgan fingerprint density at radius 1 is 1.03 bits per heavy atom. The lowest BCUT2D eigenvalue weighted by molar-refractivity contribution is -0.114. The van der Waals surface area contributed by atoms with Crippen molar-refractivity contribution < 1.29 is 23.8 Å². The molecule has 186 valence electrons. The first-order chi connectivity index (χ1) is 16.8. The van der Waals surface area contributed by atoms with E-state index in [9.17, 15) is 9.59 Å². The van der Waals surface area contributed by atoms with Crippen molar-refractivity contribution in [1.82, 2.24) is 14.8 Å². The van der Waals surface area contributed by atoms with Crippen LogP contribution < -0.4 is 24.8 Å². The monoisotopic (exact) mass is 499 g/mol. The van der Waals surface area contributed by atoms with Crippen molar-refractivity contribution in [3.05, 3.63) is 48.3 Å². The first kappa shape index (κ1) is 25.9. The molecule has 11 heteroatoms. The Bertz CT molecular complexity index is 1170. The number of carbonyl (C=O) groups excluding carboxylic acids is 2. The molecule has 2 N–H and O–H groups in total. The maximum absolute atomic E-state index is 12.6. The summed E-state index contributed by atoms with van der Waals surface area (Å²) in [6, 6.07) is 12.4. The van der Waals surface area contributed by atoms with Crippen molar-refractivity contribution in [2.24, 2.45) is 0 Å². The average Bonchev–Trinajstić information content (AvgIpc) is 3.26. The van der Waals surface area contributed by atoms with Gasteiger partial charge in [-0.2, -0.15) is 0 Å². The second kappa shape index (κ2) is 12.1. The number of aromatic nitrogens is 3. The molecule has 0 bridgehead atoms. The molecule has 0 spiro atoms. The van der Waals surface area contributed by atoms with Crippen LogP contribution in [0.4, 0.5) is 11.4 Å². The van der Waals surface area contributed by atoms with Crippen molar-refractivity contribution in [3.63, 3.8) is 0 Å². The quantitative estimate of drug-likeness (QED) is 0.378. The van der Waals surface area contributed by atoms with E-state index in [1.165, 1.54) is 25.8 Å². The summed E-state index contributed by atoms with van der Waals surface area (Å²) in [6.07, 6.45) is -0.342. The van der Waals surface area contributed by atoms with Crippen LogP contribution >= 0.6 is 11.8 Å². The lowest BCUT2D eigenvalue weighted by Gasteiger charge is -2.16. The minimum Gasteiger partial charge on any atom is -0.497 e. The topological polar surface area (TPSA) is 117 Å². The molecule has 1 atom stereocenters. The number of nitrogens with one attached hydrogen (secondary N) is 2. The summed E-state index contributed by atoms with van der Waals surface area (Å²) in [5, 5.41) is 14.7. The van der Waals surface area contributed by atoms with E-state index >= 15 is 0 Å². The zero-order valence-electron chi connectivity index (χ0n) is 20.3. The van der Waals surface area contributed by atoms with Crippen LogP contribution in [0.5, 0.6) is 17.2 Å². The molecule has 0 saturated heterocycles. The Morgan fingerprint density at radius 3 is 2.37 bits per heavy atom. The number of methoxy groups -OCH3 is 2. The van der Waals surface area contributed by atoms with Gasteiger partial charge in [-0.05, 0) is 56.3 Å². The molecular formula is C24H29N5O5S. The summed E-state index contributed by atoms with van der Waals surface area (Å²) in [7, 11) is 3.12. The van der Waals surface area contributed by atoms with Crippen LogP contribution in [0.25, 0.3) is 0 Å². The van der Waals surface area contributed by atoms with Gasteiger partial charge >= 0.3 is 0 Å². The summed E-state index contributed by atoms with van der Waals surface area (Å²) in [6.45, 7) is 5.92. The number of amides is 2. The first-order valence-corrected chi connectivity index (χ1v) is 11.9. The van der Waals surface area contributed by atoms with Crippen LogP contribution in [0.15, 0.2) is 47.6 Å². The molecule has 0 aliphatic heterocycles. The maximum Gasteiger partial charge on any atom is 0.234 e. The Kier molecular flexibility index (Phi) is 8.96. The number of thioether (sulfide) groups is 1. The minimum atomic E-state index is -0.342. The van der Waals surface area contributed by atoms with E-state index in [4.69, 9.17) is 14.2 Å². The summed E-state index contributed by atoms with van der Waals surface area (Å²) < 4.78 is 18.4. The SMILES string of the molecule is CCn1c(SCC(=O)Nc2ccc(OC)c(NC(C)=O)c2)nnc1C(C)Oc1ccc(OC)cc1. The highest BCUT2D eigenvalue weighted by Crippen LogP contribution is 2.29. The number of benzene rings is 2. The van der Waals surface area contributed by atoms with Crippen molar-refractivity contribution in [3.8, 4) is 17.2 Å². The number of rotatable bonds is 11. The summed E-state index contributed by atoms with van der Waals surface area (Å²) in [5.41, 5.74) is 1.02. The van der Waals surface area contributed by atoms with Crippen LogP contribution in [0.2, 0.25) is 0 Å². The van der Waals surface area contributed by atoms with Gasteiger partial charge in [-0.1, -0.05) is 11.8 Å². The van der Waals surface area contributed by atoms with Crippen LogP contribution in [0.1, 0.15) is 32.7 Å². The molecule has 3 rings (SSSR count). The molecule has 2 amide bonds. The second-order valence-corrected chi connectivity index (χ2v) is 8.40. The highest BCUT2D eigenvalue weighted by atomic mass is 32.2. The molecule has 1 aromatic heterocycles. The van der Waals surface area contributed by atoms with Crippen LogP contribution in [-0.2, 0) is 16.1 Å². The highest BCUT2D eigenvalue weighted by molar-refractivity contribution is 7.99. The van der Waals surface area contributed by atoms with Gasteiger partial charge in [-0.3, -0.25) is 9.59 Å². The number of hydrogen-bond donors (Lipinski definition) is 2. The van der Waals surface area contributed by atoms with E-state index in [1.807, 2.05) is 42.7 Å². The molecule has 10 nitrogen and oxygen atoms in total. The molecule has 2 aromatic carbocycles. The van der Waals surface area contributed by atoms with Crippen molar-refractivity contribution >= 4 is 35.0 Å². The van der Waals surface area contributed by atoms with Gasteiger partial charge in [0.15, 0.2) is 17.1 Å². The van der Waals surface area contributed by atoms with Gasteiger partial charge in [0.2, 0.25) is 11.8 Å². The largest absolute Gasteiger partial charge is 0.497 e. The van der Waals surface area contributed by atoms with Crippen molar-refractivity contribution in [2.45, 2.75) is 38.6 Å². The third-order valence-electron chi connectivity index (χ3n) is 4.92. The zero-order chi connectivity index (χ0) is 25.4. The molecule has 1 unspecified atom stereocenters. The fourth-order valence-corrected chi connectivity index (χ4v) is 4.13. The van der Waals surface area contributed by atoms with Gasteiger partial charge in [-0.25, -0.2) is 0 Å². The number of nitrogens with zero attached hydrogens (tertiary/aromatic N) is 3.